The quantitative estimate of drug-likeness (QED) is 0.408. The molecule has 0 heterocycles. The molecule has 5 nitrogen and oxygen atoms in total. The number of rotatable bonds is 5. The number of carbonyl (C=O) groups is 1. The van der Waals surface area contributed by atoms with Crippen LogP contribution in [0.5, 0.6) is 0 Å². The van der Waals surface area contributed by atoms with Crippen molar-refractivity contribution in [1.82, 2.24) is 10.6 Å². The fourth-order valence-electron chi connectivity index (χ4n) is 1.54. The zero-order chi connectivity index (χ0) is 14.3. The second-order valence-corrected chi connectivity index (χ2v) is 4.56. The summed E-state index contributed by atoms with van der Waals surface area (Å²) in [6.07, 6.45) is 0. The fraction of sp³-hybridized carbons (Fsp3) is 0.429. The van der Waals surface area contributed by atoms with Crippen LogP contribution < -0.4 is 16.4 Å². The van der Waals surface area contributed by atoms with Crippen LogP contribution in [0, 0.1) is 0 Å². The molecule has 0 bridgehead atoms. The van der Waals surface area contributed by atoms with Crippen molar-refractivity contribution in [2.24, 2.45) is 10.7 Å². The Morgan fingerprint density at radius 2 is 1.90 bits per heavy atom. The molecule has 0 fully saturated rings. The molecule has 0 saturated carbocycles. The molecule has 112 valence electrons. The van der Waals surface area contributed by atoms with Gasteiger partial charge in [-0.1, -0.05) is 12.1 Å². The summed E-state index contributed by atoms with van der Waals surface area (Å²) in [5.41, 5.74) is 7.39. The van der Waals surface area contributed by atoms with Crippen LogP contribution >= 0.6 is 24.0 Å². The first-order valence-electron chi connectivity index (χ1n) is 6.46. The molecular formula is C14H23IN4O. The number of hydrogen-bond donors (Lipinski definition) is 3. The van der Waals surface area contributed by atoms with E-state index in [-0.39, 0.29) is 35.9 Å². The number of guanidine groups is 1. The van der Waals surface area contributed by atoms with Gasteiger partial charge in [0.2, 0.25) is 0 Å². The van der Waals surface area contributed by atoms with Crippen LogP contribution in [0.4, 0.5) is 0 Å². The number of nitrogens with one attached hydrogen (secondary N) is 2. The van der Waals surface area contributed by atoms with Gasteiger partial charge in [-0.05, 0) is 38.5 Å². The van der Waals surface area contributed by atoms with Gasteiger partial charge in [0.25, 0.3) is 5.91 Å². The van der Waals surface area contributed by atoms with Crippen molar-refractivity contribution < 1.29 is 4.79 Å². The maximum Gasteiger partial charge on any atom is 0.251 e. The predicted octanol–water partition coefficient (Wildman–Crippen LogP) is 1.87. The zero-order valence-corrected chi connectivity index (χ0v) is 14.5. The number of halogens is 1. The molecule has 4 N–H and O–H groups in total. The number of amides is 1. The Morgan fingerprint density at radius 1 is 1.30 bits per heavy atom. The van der Waals surface area contributed by atoms with Crippen LogP contribution in [0.25, 0.3) is 0 Å². The van der Waals surface area contributed by atoms with E-state index in [1.54, 1.807) is 12.1 Å². The Hall–Kier alpha value is -1.31. The largest absolute Gasteiger partial charge is 0.370 e. The first-order valence-corrected chi connectivity index (χ1v) is 6.46. The van der Waals surface area contributed by atoms with Crippen LogP contribution in [-0.4, -0.2) is 24.5 Å². The van der Waals surface area contributed by atoms with E-state index in [0.29, 0.717) is 24.6 Å². The minimum atomic E-state index is -0.0569. The Morgan fingerprint density at radius 3 is 2.40 bits per heavy atom. The standard InChI is InChI=1S/C14H22N4O.HI/c1-4-16-13(19)12-7-5-11(6-8-12)9-17-14(15)18-10(2)3;/h5-8,10H,4,9H2,1-3H3,(H,16,19)(H3,15,17,18);1H. The molecule has 6 heteroatoms. The third kappa shape index (κ3) is 6.74. The summed E-state index contributed by atoms with van der Waals surface area (Å²) in [5.74, 6) is 0.376. The SMILES string of the molecule is CCNC(=O)c1ccc(CN=C(N)NC(C)C)cc1.I. The summed E-state index contributed by atoms with van der Waals surface area (Å²) >= 11 is 0. The molecule has 1 aromatic carbocycles. The Bertz CT molecular complexity index is 443. The van der Waals surface area contributed by atoms with E-state index in [0.717, 1.165) is 5.56 Å². The fourth-order valence-corrected chi connectivity index (χ4v) is 1.54. The average molecular weight is 390 g/mol. The van der Waals surface area contributed by atoms with Gasteiger partial charge in [-0.15, -0.1) is 24.0 Å². The van der Waals surface area contributed by atoms with Crippen LogP contribution in [0.3, 0.4) is 0 Å². The van der Waals surface area contributed by atoms with Gasteiger partial charge >= 0.3 is 0 Å². The van der Waals surface area contributed by atoms with Gasteiger partial charge in [-0.2, -0.15) is 0 Å². The van der Waals surface area contributed by atoms with Crippen molar-refractivity contribution in [3.8, 4) is 0 Å². The maximum atomic E-state index is 11.6. The van der Waals surface area contributed by atoms with Crippen molar-refractivity contribution in [3.05, 3.63) is 35.4 Å². The van der Waals surface area contributed by atoms with Crippen molar-refractivity contribution in [3.63, 3.8) is 0 Å². The van der Waals surface area contributed by atoms with E-state index in [1.807, 2.05) is 32.9 Å². The highest BCUT2D eigenvalue weighted by atomic mass is 127. The van der Waals surface area contributed by atoms with Crippen LogP contribution in [0.1, 0.15) is 36.7 Å². The summed E-state index contributed by atoms with van der Waals surface area (Å²) < 4.78 is 0. The van der Waals surface area contributed by atoms with E-state index >= 15 is 0 Å². The van der Waals surface area contributed by atoms with Crippen molar-refractivity contribution in [1.29, 1.82) is 0 Å². The van der Waals surface area contributed by atoms with Crippen molar-refractivity contribution >= 4 is 35.8 Å². The van der Waals surface area contributed by atoms with Crippen LogP contribution in [-0.2, 0) is 6.54 Å². The molecule has 0 aromatic heterocycles. The normalized spacial score (nSPS) is 10.9. The van der Waals surface area contributed by atoms with E-state index < -0.39 is 0 Å². The van der Waals surface area contributed by atoms with E-state index in [2.05, 4.69) is 15.6 Å². The number of carbonyl (C=O) groups excluding carboxylic acids is 1. The minimum Gasteiger partial charge on any atom is -0.370 e. The second-order valence-electron chi connectivity index (χ2n) is 4.56. The van der Waals surface area contributed by atoms with E-state index in [4.69, 9.17) is 5.73 Å². The summed E-state index contributed by atoms with van der Waals surface area (Å²) in [4.78, 5) is 15.8. The minimum absolute atomic E-state index is 0. The number of hydrogen-bond acceptors (Lipinski definition) is 2. The highest BCUT2D eigenvalue weighted by Crippen LogP contribution is 2.05. The van der Waals surface area contributed by atoms with Gasteiger partial charge in [-0.3, -0.25) is 4.79 Å². The second kappa shape index (κ2) is 9.57. The van der Waals surface area contributed by atoms with Gasteiger partial charge in [0.05, 0.1) is 6.54 Å². The highest BCUT2D eigenvalue weighted by Gasteiger charge is 2.03. The average Bonchev–Trinajstić information content (AvgIpc) is 2.36. The number of nitrogens with two attached hydrogens (primary N) is 1. The molecule has 0 radical (unpaired) electrons. The molecule has 0 spiro atoms. The summed E-state index contributed by atoms with van der Waals surface area (Å²) in [5, 5.41) is 5.78. The lowest BCUT2D eigenvalue weighted by Crippen LogP contribution is -2.36. The molecule has 1 rings (SSSR count). The highest BCUT2D eigenvalue weighted by molar-refractivity contribution is 14.0. The Balaban J connectivity index is 0.00000361. The molecule has 1 aromatic rings. The lowest BCUT2D eigenvalue weighted by molar-refractivity contribution is 0.0956. The monoisotopic (exact) mass is 390 g/mol. The first kappa shape index (κ1) is 18.7. The summed E-state index contributed by atoms with van der Waals surface area (Å²) in [6.45, 7) is 7.03. The van der Waals surface area contributed by atoms with Gasteiger partial charge < -0.3 is 16.4 Å². The Kier molecular flexibility index (Phi) is 8.94. The topological polar surface area (TPSA) is 79.5 Å². The zero-order valence-electron chi connectivity index (χ0n) is 12.1. The van der Waals surface area contributed by atoms with Gasteiger partial charge in [-0.25, -0.2) is 4.99 Å². The first-order chi connectivity index (χ1) is 9.02. The molecular weight excluding hydrogens is 367 g/mol. The third-order valence-electron chi connectivity index (χ3n) is 2.42. The molecule has 1 amide bonds. The number of nitrogens with zero attached hydrogens (tertiary/aromatic N) is 1. The van der Waals surface area contributed by atoms with Crippen molar-refractivity contribution in [2.45, 2.75) is 33.4 Å². The van der Waals surface area contributed by atoms with Crippen LogP contribution in [0.15, 0.2) is 29.3 Å². The number of aliphatic imine (C=N–C) groups is 1. The van der Waals surface area contributed by atoms with Crippen LogP contribution in [0.2, 0.25) is 0 Å². The predicted molar refractivity (Wildman–Crippen MR) is 93.5 cm³/mol. The van der Waals surface area contributed by atoms with Gasteiger partial charge in [0, 0.05) is 18.2 Å². The molecule has 20 heavy (non-hydrogen) atoms. The molecule has 0 aliphatic rings. The maximum absolute atomic E-state index is 11.6. The molecule has 0 aliphatic heterocycles. The van der Waals surface area contributed by atoms with Crippen molar-refractivity contribution in [2.75, 3.05) is 6.54 Å². The van der Waals surface area contributed by atoms with Gasteiger partial charge in [0.1, 0.15) is 0 Å². The molecule has 0 unspecified atom stereocenters. The lowest BCUT2D eigenvalue weighted by Gasteiger charge is -2.08. The Labute approximate surface area is 137 Å². The number of benzene rings is 1. The van der Waals surface area contributed by atoms with E-state index in [1.165, 1.54) is 0 Å². The smallest absolute Gasteiger partial charge is 0.251 e. The molecule has 0 atom stereocenters. The summed E-state index contributed by atoms with van der Waals surface area (Å²) in [6, 6.07) is 7.63. The summed E-state index contributed by atoms with van der Waals surface area (Å²) in [7, 11) is 0. The lowest BCUT2D eigenvalue weighted by atomic mass is 10.1. The third-order valence-corrected chi connectivity index (χ3v) is 2.42. The van der Waals surface area contributed by atoms with Gasteiger partial charge in [0.15, 0.2) is 5.96 Å². The molecule has 0 aliphatic carbocycles. The molecule has 0 saturated heterocycles. The van der Waals surface area contributed by atoms with E-state index in [9.17, 15) is 4.79 Å².